The number of hydrogen-bond donors (Lipinski definition) is 3. The summed E-state index contributed by atoms with van der Waals surface area (Å²) in [5.41, 5.74) is 3.24. The molecule has 8 heteroatoms. The Hall–Kier alpha value is -1.27. The lowest BCUT2D eigenvalue weighted by Crippen LogP contribution is -2.30. The molecule has 1 atom stereocenters. The average Bonchev–Trinajstić information content (AvgIpc) is 2.91. The van der Waals surface area contributed by atoms with Crippen molar-refractivity contribution in [2.45, 2.75) is 25.9 Å². The molecule has 0 spiro atoms. The molecule has 1 unspecified atom stereocenters. The van der Waals surface area contributed by atoms with Crippen LogP contribution >= 0.6 is 35.6 Å². The topological polar surface area (TPSA) is 69.8 Å². The van der Waals surface area contributed by atoms with Crippen LogP contribution in [0.1, 0.15) is 40.3 Å². The van der Waals surface area contributed by atoms with Crippen molar-refractivity contribution in [1.82, 2.24) is 20.8 Å². The number of fused-ring (bicyclic) bond motifs is 1. The maximum Gasteiger partial charge on any atom is 0.272 e. The van der Waals surface area contributed by atoms with Crippen molar-refractivity contribution in [1.29, 1.82) is 0 Å². The minimum Gasteiger partial charge on any atom is -0.344 e. The number of nitrogens with zero attached hydrogens (tertiary/aromatic N) is 1. The van der Waals surface area contributed by atoms with E-state index in [2.05, 4.69) is 20.8 Å². The molecule has 1 aliphatic rings. The van der Waals surface area contributed by atoms with E-state index >= 15 is 0 Å². The van der Waals surface area contributed by atoms with Crippen molar-refractivity contribution < 1.29 is 4.79 Å². The Kier molecular flexibility index (Phi) is 5.92. The smallest absolute Gasteiger partial charge is 0.272 e. The molecular formula is C15H17Cl3N4O. The molecule has 1 aliphatic heterocycles. The summed E-state index contributed by atoms with van der Waals surface area (Å²) in [6.45, 7) is 3.43. The van der Waals surface area contributed by atoms with Gasteiger partial charge in [-0.15, -0.1) is 12.4 Å². The van der Waals surface area contributed by atoms with Gasteiger partial charge in [0.15, 0.2) is 5.69 Å². The van der Waals surface area contributed by atoms with Gasteiger partial charge in [0.05, 0.1) is 6.04 Å². The zero-order valence-electron chi connectivity index (χ0n) is 12.5. The van der Waals surface area contributed by atoms with E-state index < -0.39 is 0 Å². The van der Waals surface area contributed by atoms with Crippen LogP contribution in [0.4, 0.5) is 0 Å². The number of carbonyl (C=O) groups is 1. The minimum absolute atomic E-state index is 0. The average molecular weight is 376 g/mol. The molecule has 3 rings (SSSR count). The van der Waals surface area contributed by atoms with Gasteiger partial charge in [-0.1, -0.05) is 29.3 Å². The Balaban J connectivity index is 0.00000192. The normalized spacial score (nSPS) is 14.6. The maximum atomic E-state index is 12.4. The second-order valence-electron chi connectivity index (χ2n) is 5.32. The molecule has 5 nitrogen and oxygen atoms in total. The fourth-order valence-electron chi connectivity index (χ4n) is 2.61. The first kappa shape index (κ1) is 18.1. The van der Waals surface area contributed by atoms with Gasteiger partial charge in [-0.2, -0.15) is 5.10 Å². The molecule has 0 fully saturated rings. The third-order valence-corrected chi connectivity index (χ3v) is 4.36. The van der Waals surface area contributed by atoms with E-state index in [1.165, 1.54) is 0 Å². The molecule has 0 bridgehead atoms. The van der Waals surface area contributed by atoms with Crippen LogP contribution in [0.5, 0.6) is 0 Å². The lowest BCUT2D eigenvalue weighted by atomic mass is 10.1. The van der Waals surface area contributed by atoms with E-state index in [1.54, 1.807) is 12.1 Å². The lowest BCUT2D eigenvalue weighted by molar-refractivity contribution is 0.0933. The Morgan fingerprint density at radius 3 is 2.91 bits per heavy atom. The third-order valence-electron chi connectivity index (χ3n) is 3.80. The second kappa shape index (κ2) is 7.53. The number of benzene rings is 1. The molecule has 1 amide bonds. The van der Waals surface area contributed by atoms with E-state index in [9.17, 15) is 4.79 Å². The van der Waals surface area contributed by atoms with Crippen LogP contribution < -0.4 is 10.6 Å². The van der Waals surface area contributed by atoms with Crippen LogP contribution in [0.25, 0.3) is 0 Å². The van der Waals surface area contributed by atoms with Crippen LogP contribution in [-0.4, -0.2) is 22.6 Å². The zero-order valence-corrected chi connectivity index (χ0v) is 14.8. The summed E-state index contributed by atoms with van der Waals surface area (Å²) in [5.74, 6) is -0.209. The van der Waals surface area contributed by atoms with Gasteiger partial charge >= 0.3 is 0 Å². The lowest BCUT2D eigenvalue weighted by Gasteiger charge is -2.17. The van der Waals surface area contributed by atoms with E-state index in [0.717, 1.165) is 29.8 Å². The van der Waals surface area contributed by atoms with Gasteiger partial charge in [0.1, 0.15) is 0 Å². The molecule has 0 saturated carbocycles. The first-order valence-corrected chi connectivity index (χ1v) is 7.84. The Labute approximate surface area is 150 Å². The zero-order chi connectivity index (χ0) is 15.7. The number of aromatic nitrogens is 2. The monoisotopic (exact) mass is 374 g/mol. The first-order valence-electron chi connectivity index (χ1n) is 7.09. The van der Waals surface area contributed by atoms with Crippen LogP contribution in [0.3, 0.4) is 0 Å². The number of amides is 1. The second-order valence-corrected chi connectivity index (χ2v) is 6.16. The van der Waals surface area contributed by atoms with Crippen molar-refractivity contribution in [3.05, 3.63) is 50.8 Å². The summed E-state index contributed by atoms with van der Waals surface area (Å²) in [4.78, 5) is 12.4. The quantitative estimate of drug-likeness (QED) is 0.771. The van der Waals surface area contributed by atoms with Crippen molar-refractivity contribution in [3.8, 4) is 0 Å². The molecule has 2 aromatic rings. The molecule has 124 valence electrons. The van der Waals surface area contributed by atoms with E-state index in [-0.39, 0.29) is 24.4 Å². The summed E-state index contributed by atoms with van der Waals surface area (Å²) in [7, 11) is 0. The van der Waals surface area contributed by atoms with Gasteiger partial charge in [-0.25, -0.2) is 0 Å². The van der Waals surface area contributed by atoms with Gasteiger partial charge in [-0.3, -0.25) is 9.89 Å². The molecule has 0 radical (unpaired) electrons. The first-order chi connectivity index (χ1) is 10.6. The minimum atomic E-state index is -0.235. The van der Waals surface area contributed by atoms with Crippen molar-refractivity contribution in [2.75, 3.05) is 6.54 Å². The van der Waals surface area contributed by atoms with E-state index in [1.807, 2.05) is 13.0 Å². The molecule has 0 saturated heterocycles. The number of hydrogen-bond acceptors (Lipinski definition) is 3. The molecule has 2 heterocycles. The Morgan fingerprint density at radius 2 is 2.17 bits per heavy atom. The number of carbonyl (C=O) groups excluding carboxylic acids is 1. The van der Waals surface area contributed by atoms with Crippen molar-refractivity contribution in [2.24, 2.45) is 0 Å². The van der Waals surface area contributed by atoms with Crippen LogP contribution in [-0.2, 0) is 13.0 Å². The Morgan fingerprint density at radius 1 is 1.39 bits per heavy atom. The summed E-state index contributed by atoms with van der Waals surface area (Å²) in [6.07, 6.45) is 0.855. The van der Waals surface area contributed by atoms with Crippen molar-refractivity contribution in [3.63, 3.8) is 0 Å². The van der Waals surface area contributed by atoms with Crippen LogP contribution in [0.2, 0.25) is 10.0 Å². The van der Waals surface area contributed by atoms with Crippen LogP contribution in [0.15, 0.2) is 18.2 Å². The highest BCUT2D eigenvalue weighted by Crippen LogP contribution is 2.26. The van der Waals surface area contributed by atoms with Gasteiger partial charge in [0.2, 0.25) is 0 Å². The van der Waals surface area contributed by atoms with E-state index in [0.29, 0.717) is 22.3 Å². The highest BCUT2D eigenvalue weighted by molar-refractivity contribution is 6.35. The fourth-order valence-corrected chi connectivity index (χ4v) is 3.18. The number of rotatable bonds is 3. The Bertz CT molecular complexity index is 717. The predicted octanol–water partition coefficient (Wildman–Crippen LogP) is 3.28. The summed E-state index contributed by atoms with van der Waals surface area (Å²) < 4.78 is 0. The van der Waals surface area contributed by atoms with Gasteiger partial charge < -0.3 is 10.6 Å². The highest BCUT2D eigenvalue weighted by Gasteiger charge is 2.23. The number of aromatic amines is 1. The standard InChI is InChI=1S/C15H16Cl2N4O.ClH/c1-8(10-3-2-9(16)6-12(10)17)19-15(22)14-11-7-18-5-4-13(11)20-21-14;/h2-3,6,8,18H,4-5,7H2,1H3,(H,19,22)(H,20,21);1H. The summed E-state index contributed by atoms with van der Waals surface area (Å²) in [5, 5.41) is 14.4. The number of halogens is 3. The summed E-state index contributed by atoms with van der Waals surface area (Å²) in [6, 6.07) is 5.01. The molecule has 3 N–H and O–H groups in total. The van der Waals surface area contributed by atoms with Gasteiger partial charge in [0, 0.05) is 40.8 Å². The van der Waals surface area contributed by atoms with E-state index in [4.69, 9.17) is 23.2 Å². The SMILES string of the molecule is CC(NC(=O)c1n[nH]c2c1CNCC2)c1ccc(Cl)cc1Cl.Cl. The van der Waals surface area contributed by atoms with Gasteiger partial charge in [-0.05, 0) is 24.6 Å². The molecule has 1 aromatic carbocycles. The maximum absolute atomic E-state index is 12.4. The molecular weight excluding hydrogens is 359 g/mol. The van der Waals surface area contributed by atoms with Crippen molar-refractivity contribution >= 4 is 41.5 Å². The summed E-state index contributed by atoms with van der Waals surface area (Å²) >= 11 is 12.1. The molecule has 0 aliphatic carbocycles. The number of H-pyrrole nitrogens is 1. The molecule has 23 heavy (non-hydrogen) atoms. The van der Waals surface area contributed by atoms with Crippen LogP contribution in [0, 0.1) is 0 Å². The fraction of sp³-hybridized carbons (Fsp3) is 0.333. The number of nitrogens with one attached hydrogen (secondary N) is 3. The largest absolute Gasteiger partial charge is 0.344 e. The highest BCUT2D eigenvalue weighted by atomic mass is 35.5. The van der Waals surface area contributed by atoms with Gasteiger partial charge in [0.25, 0.3) is 5.91 Å². The third kappa shape index (κ3) is 3.80. The molecule has 1 aromatic heterocycles. The predicted molar refractivity (Wildman–Crippen MR) is 93.6 cm³/mol.